The predicted molar refractivity (Wildman–Crippen MR) is 114 cm³/mol. The zero-order valence-electron chi connectivity index (χ0n) is 18.4. The summed E-state index contributed by atoms with van der Waals surface area (Å²) in [4.78, 5) is 25.4. The van der Waals surface area contributed by atoms with Crippen molar-refractivity contribution < 1.29 is 18.0 Å². The third-order valence-corrected chi connectivity index (χ3v) is 5.09. The van der Waals surface area contributed by atoms with Gasteiger partial charge in [-0.25, -0.2) is 0 Å². The highest BCUT2D eigenvalue weighted by Gasteiger charge is 2.34. The van der Waals surface area contributed by atoms with E-state index in [0.717, 1.165) is 28.4 Å². The Kier molecular flexibility index (Phi) is 5.75. The van der Waals surface area contributed by atoms with E-state index in [-0.39, 0.29) is 16.8 Å². The second-order valence-electron chi connectivity index (χ2n) is 8.94. The molecule has 1 amide bonds. The number of halogens is 3. The van der Waals surface area contributed by atoms with Crippen molar-refractivity contribution in [3.05, 3.63) is 70.4 Å². The van der Waals surface area contributed by atoms with Crippen LogP contribution in [0.15, 0.2) is 53.7 Å². The Morgan fingerprint density at radius 2 is 1.69 bits per heavy atom. The van der Waals surface area contributed by atoms with Crippen molar-refractivity contribution >= 4 is 11.6 Å². The minimum Gasteiger partial charge on any atom is -0.322 e. The monoisotopic (exact) mass is 447 g/mol. The van der Waals surface area contributed by atoms with Gasteiger partial charge in [0.1, 0.15) is 5.54 Å². The lowest BCUT2D eigenvalue weighted by Crippen LogP contribution is -2.41. The van der Waals surface area contributed by atoms with E-state index < -0.39 is 28.7 Å². The molecule has 3 rings (SSSR count). The number of nitrogens with one attached hydrogen (secondary N) is 1. The van der Waals surface area contributed by atoms with Crippen LogP contribution in [0.5, 0.6) is 0 Å². The topological polar surface area (TPSA) is 81.8 Å². The van der Waals surface area contributed by atoms with Gasteiger partial charge in [0.15, 0.2) is 0 Å². The number of hydrogen-bond donors (Lipinski definition) is 1. The predicted octanol–water partition coefficient (Wildman–Crippen LogP) is 4.12. The molecule has 3 aromatic rings. The SMILES string of the molecule is CC(C)(C)c1cnn(C(C)(C)C(=O)Nc2ccc(C(F)(F)F)cc2-n2ncccc2=O)c1. The van der Waals surface area contributed by atoms with Crippen LogP contribution in [-0.4, -0.2) is 25.5 Å². The van der Waals surface area contributed by atoms with Crippen molar-refractivity contribution in [3.63, 3.8) is 0 Å². The van der Waals surface area contributed by atoms with E-state index in [9.17, 15) is 22.8 Å². The normalized spacial score (nSPS) is 12.6. The van der Waals surface area contributed by atoms with Gasteiger partial charge in [-0.2, -0.15) is 28.1 Å². The molecule has 0 bridgehead atoms. The fourth-order valence-electron chi connectivity index (χ4n) is 2.92. The van der Waals surface area contributed by atoms with Crippen LogP contribution >= 0.6 is 0 Å². The molecule has 0 spiro atoms. The molecule has 0 aliphatic rings. The third-order valence-electron chi connectivity index (χ3n) is 5.09. The molecule has 1 N–H and O–H groups in total. The number of benzene rings is 1. The summed E-state index contributed by atoms with van der Waals surface area (Å²) in [5.74, 6) is -0.522. The molecule has 0 aliphatic heterocycles. The van der Waals surface area contributed by atoms with Gasteiger partial charge >= 0.3 is 6.18 Å². The second-order valence-corrected chi connectivity index (χ2v) is 8.94. The lowest BCUT2D eigenvalue weighted by molar-refractivity contribution is -0.137. The van der Waals surface area contributed by atoms with Gasteiger partial charge in [-0.3, -0.25) is 14.3 Å². The van der Waals surface area contributed by atoms with Crippen molar-refractivity contribution in [1.29, 1.82) is 0 Å². The van der Waals surface area contributed by atoms with Gasteiger partial charge in [0, 0.05) is 18.5 Å². The molecule has 2 aromatic heterocycles. The molecule has 10 heteroatoms. The molecule has 0 saturated heterocycles. The average Bonchev–Trinajstić information content (AvgIpc) is 3.19. The van der Waals surface area contributed by atoms with Gasteiger partial charge in [0.25, 0.3) is 11.5 Å². The minimum atomic E-state index is -4.63. The van der Waals surface area contributed by atoms with Crippen molar-refractivity contribution in [1.82, 2.24) is 19.6 Å². The Balaban J connectivity index is 2.02. The van der Waals surface area contributed by atoms with Crippen LogP contribution in [0.2, 0.25) is 0 Å². The van der Waals surface area contributed by atoms with Gasteiger partial charge in [-0.1, -0.05) is 20.8 Å². The highest BCUT2D eigenvalue weighted by atomic mass is 19.4. The van der Waals surface area contributed by atoms with Crippen molar-refractivity contribution in [2.75, 3.05) is 5.32 Å². The number of anilines is 1. The molecule has 0 fully saturated rings. The van der Waals surface area contributed by atoms with Crippen LogP contribution in [-0.2, 0) is 21.9 Å². The van der Waals surface area contributed by atoms with E-state index in [4.69, 9.17) is 0 Å². The number of hydrogen-bond acceptors (Lipinski definition) is 4. The van der Waals surface area contributed by atoms with Crippen LogP contribution < -0.4 is 10.9 Å². The molecular formula is C22H24F3N5O2. The summed E-state index contributed by atoms with van der Waals surface area (Å²) in [7, 11) is 0. The first kappa shape index (κ1) is 23.2. The zero-order valence-corrected chi connectivity index (χ0v) is 18.4. The summed E-state index contributed by atoms with van der Waals surface area (Å²) >= 11 is 0. The van der Waals surface area contributed by atoms with Crippen LogP contribution in [0.4, 0.5) is 18.9 Å². The van der Waals surface area contributed by atoms with Crippen LogP contribution in [0.3, 0.4) is 0 Å². The lowest BCUT2D eigenvalue weighted by Gasteiger charge is -2.25. The lowest BCUT2D eigenvalue weighted by atomic mass is 9.90. The second kappa shape index (κ2) is 7.92. The quantitative estimate of drug-likeness (QED) is 0.652. The zero-order chi connectivity index (χ0) is 23.9. The summed E-state index contributed by atoms with van der Waals surface area (Å²) in [6.45, 7) is 9.32. The molecule has 170 valence electrons. The number of carbonyl (C=O) groups is 1. The molecule has 1 aromatic carbocycles. The summed E-state index contributed by atoms with van der Waals surface area (Å²) in [6.07, 6.45) is 0.0743. The van der Waals surface area contributed by atoms with E-state index in [1.54, 1.807) is 26.2 Å². The third kappa shape index (κ3) is 4.58. The van der Waals surface area contributed by atoms with E-state index in [2.05, 4.69) is 15.5 Å². The number of rotatable bonds is 4. The van der Waals surface area contributed by atoms with E-state index in [1.165, 1.54) is 23.0 Å². The maximum atomic E-state index is 13.3. The number of carbonyl (C=O) groups excluding carboxylic acids is 1. The van der Waals surface area contributed by atoms with Gasteiger partial charge in [0.2, 0.25) is 0 Å². The summed E-state index contributed by atoms with van der Waals surface area (Å²) in [5, 5.41) is 10.8. The average molecular weight is 447 g/mol. The Bertz CT molecular complexity index is 1200. The molecule has 0 radical (unpaired) electrons. The van der Waals surface area contributed by atoms with E-state index in [0.29, 0.717) is 0 Å². The Morgan fingerprint density at radius 1 is 1.00 bits per heavy atom. The maximum absolute atomic E-state index is 13.3. The Labute approximate surface area is 182 Å². The van der Waals surface area contributed by atoms with Crippen molar-refractivity contribution in [2.45, 2.75) is 51.7 Å². The van der Waals surface area contributed by atoms with Crippen LogP contribution in [0, 0.1) is 0 Å². The summed E-state index contributed by atoms with van der Waals surface area (Å²) < 4.78 is 42.2. The highest BCUT2D eigenvalue weighted by Crippen LogP contribution is 2.33. The number of amides is 1. The number of alkyl halides is 3. The van der Waals surface area contributed by atoms with Gasteiger partial charge in [-0.05, 0) is 49.1 Å². The molecule has 0 unspecified atom stereocenters. The standard InChI is InChI=1S/C22H24F3N5O2/c1-20(2,3)15-12-27-29(13-15)21(4,5)19(32)28-16-9-8-14(22(23,24)25)11-17(16)30-18(31)7-6-10-26-30/h6-13H,1-5H3,(H,28,32). The van der Waals surface area contributed by atoms with Gasteiger partial charge < -0.3 is 5.32 Å². The first-order valence-electron chi connectivity index (χ1n) is 9.84. The molecule has 0 atom stereocenters. The number of nitrogens with zero attached hydrogens (tertiary/aromatic N) is 4. The van der Waals surface area contributed by atoms with Gasteiger partial charge in [-0.15, -0.1) is 0 Å². The van der Waals surface area contributed by atoms with Crippen molar-refractivity contribution in [2.24, 2.45) is 0 Å². The highest BCUT2D eigenvalue weighted by molar-refractivity contribution is 5.97. The largest absolute Gasteiger partial charge is 0.416 e. The summed E-state index contributed by atoms with van der Waals surface area (Å²) in [6, 6.07) is 5.27. The molecular weight excluding hydrogens is 423 g/mol. The maximum Gasteiger partial charge on any atom is 0.416 e. The fourth-order valence-corrected chi connectivity index (χ4v) is 2.92. The molecule has 2 heterocycles. The molecule has 32 heavy (non-hydrogen) atoms. The Morgan fingerprint density at radius 3 is 2.25 bits per heavy atom. The molecule has 0 aliphatic carbocycles. The smallest absolute Gasteiger partial charge is 0.322 e. The molecule has 0 saturated carbocycles. The Hall–Kier alpha value is -3.43. The van der Waals surface area contributed by atoms with Crippen LogP contribution in [0.25, 0.3) is 5.69 Å². The van der Waals surface area contributed by atoms with E-state index >= 15 is 0 Å². The summed E-state index contributed by atoms with van der Waals surface area (Å²) in [5.41, 5.74) is -2.20. The van der Waals surface area contributed by atoms with Crippen LogP contribution in [0.1, 0.15) is 45.7 Å². The first-order valence-corrected chi connectivity index (χ1v) is 9.84. The minimum absolute atomic E-state index is 0.0140. The fraction of sp³-hybridized carbons (Fsp3) is 0.364. The molecule has 7 nitrogen and oxygen atoms in total. The number of aromatic nitrogens is 4. The van der Waals surface area contributed by atoms with E-state index in [1.807, 2.05) is 20.8 Å². The van der Waals surface area contributed by atoms with Gasteiger partial charge in [0.05, 0.1) is 23.1 Å². The van der Waals surface area contributed by atoms with Crippen molar-refractivity contribution in [3.8, 4) is 5.69 Å². The first-order chi connectivity index (χ1) is 14.7.